The van der Waals surface area contributed by atoms with Gasteiger partial charge in [0.15, 0.2) is 6.33 Å². The Labute approximate surface area is 124 Å². The van der Waals surface area contributed by atoms with Crippen LogP contribution in [0.3, 0.4) is 0 Å². The molecular formula is C14H24N4O3. The van der Waals surface area contributed by atoms with E-state index in [0.29, 0.717) is 11.9 Å². The van der Waals surface area contributed by atoms with E-state index in [1.165, 1.54) is 6.33 Å². The lowest BCUT2D eigenvalue weighted by atomic mass is 10.2. The van der Waals surface area contributed by atoms with Crippen molar-refractivity contribution in [3.05, 3.63) is 12.2 Å². The smallest absolute Gasteiger partial charge is 0.407 e. The maximum absolute atomic E-state index is 11.7. The number of carbonyl (C=O) groups excluding carboxylic acids is 1. The summed E-state index contributed by atoms with van der Waals surface area (Å²) >= 11 is 0. The molecule has 1 amide bonds. The zero-order valence-electron chi connectivity index (χ0n) is 12.9. The molecule has 0 aromatic carbocycles. The first kappa shape index (κ1) is 15.8. The summed E-state index contributed by atoms with van der Waals surface area (Å²) < 4.78 is 10.2. The maximum Gasteiger partial charge on any atom is 0.407 e. The van der Waals surface area contributed by atoms with Crippen LogP contribution in [0.1, 0.15) is 45.9 Å². The fraction of sp³-hybridized carbons (Fsp3) is 0.786. The Bertz CT molecular complexity index is 442. The number of nitrogens with zero attached hydrogens (tertiary/aromatic N) is 2. The molecule has 2 atom stereocenters. The lowest BCUT2D eigenvalue weighted by Crippen LogP contribution is -2.39. The Hall–Kier alpha value is -1.63. The molecule has 1 fully saturated rings. The van der Waals surface area contributed by atoms with Crippen molar-refractivity contribution in [2.24, 2.45) is 0 Å². The van der Waals surface area contributed by atoms with Crippen molar-refractivity contribution in [1.29, 1.82) is 0 Å². The third kappa shape index (κ3) is 5.71. The molecule has 7 heteroatoms. The van der Waals surface area contributed by atoms with Crippen molar-refractivity contribution in [3.8, 4) is 0 Å². The van der Waals surface area contributed by atoms with Gasteiger partial charge in [0.1, 0.15) is 5.60 Å². The van der Waals surface area contributed by atoms with Gasteiger partial charge in [-0.2, -0.15) is 4.98 Å². The number of ether oxygens (including phenoxy) is 1. The molecule has 0 radical (unpaired) electrons. The number of alkyl carbamates (subject to hydrolysis) is 1. The molecule has 0 aliphatic heterocycles. The molecule has 1 aromatic heterocycles. The molecule has 21 heavy (non-hydrogen) atoms. The molecule has 2 N–H and O–H groups in total. The van der Waals surface area contributed by atoms with Gasteiger partial charge >= 0.3 is 6.09 Å². The zero-order chi connectivity index (χ0) is 15.3. The minimum atomic E-state index is -0.454. The van der Waals surface area contributed by atoms with Crippen LogP contribution in [0.25, 0.3) is 0 Å². The molecule has 1 aromatic rings. The lowest BCUT2D eigenvalue weighted by Gasteiger charge is -2.21. The first-order valence-electron chi connectivity index (χ1n) is 7.41. The number of nitrogens with one attached hydrogen (secondary N) is 2. The fourth-order valence-corrected chi connectivity index (χ4v) is 2.46. The Morgan fingerprint density at radius 1 is 1.43 bits per heavy atom. The summed E-state index contributed by atoms with van der Waals surface area (Å²) in [7, 11) is 0. The second kappa shape index (κ2) is 6.89. The summed E-state index contributed by atoms with van der Waals surface area (Å²) in [4.78, 5) is 15.7. The molecule has 1 aliphatic carbocycles. The van der Waals surface area contributed by atoms with Crippen molar-refractivity contribution in [3.63, 3.8) is 0 Å². The van der Waals surface area contributed by atoms with E-state index in [2.05, 4.69) is 20.8 Å². The van der Waals surface area contributed by atoms with Crippen LogP contribution in [-0.4, -0.2) is 40.5 Å². The van der Waals surface area contributed by atoms with Crippen LogP contribution < -0.4 is 10.6 Å². The van der Waals surface area contributed by atoms with E-state index >= 15 is 0 Å². The van der Waals surface area contributed by atoms with E-state index in [9.17, 15) is 4.79 Å². The molecular weight excluding hydrogens is 272 g/mol. The van der Waals surface area contributed by atoms with Gasteiger partial charge in [-0.1, -0.05) is 5.16 Å². The monoisotopic (exact) mass is 296 g/mol. The predicted molar refractivity (Wildman–Crippen MR) is 76.8 cm³/mol. The van der Waals surface area contributed by atoms with Gasteiger partial charge in [0.2, 0.25) is 5.89 Å². The SMILES string of the molecule is CC(C)(C)OC(=O)NC1CCC(NCCc2ncno2)C1. The second-order valence-electron chi connectivity index (χ2n) is 6.39. The number of hydrogen-bond donors (Lipinski definition) is 2. The molecule has 0 spiro atoms. The van der Waals surface area contributed by atoms with Gasteiger partial charge in [-0.05, 0) is 40.0 Å². The van der Waals surface area contributed by atoms with E-state index in [-0.39, 0.29) is 12.1 Å². The fourth-order valence-electron chi connectivity index (χ4n) is 2.46. The van der Waals surface area contributed by atoms with Crippen LogP contribution >= 0.6 is 0 Å². The zero-order valence-corrected chi connectivity index (χ0v) is 12.9. The van der Waals surface area contributed by atoms with Crippen molar-refractivity contribution in [2.75, 3.05) is 6.54 Å². The number of rotatable bonds is 5. The van der Waals surface area contributed by atoms with Crippen LogP contribution in [0.5, 0.6) is 0 Å². The molecule has 7 nitrogen and oxygen atoms in total. The van der Waals surface area contributed by atoms with Gasteiger partial charge in [-0.3, -0.25) is 0 Å². The second-order valence-corrected chi connectivity index (χ2v) is 6.39. The molecule has 0 saturated heterocycles. The van der Waals surface area contributed by atoms with Gasteiger partial charge < -0.3 is 19.9 Å². The highest BCUT2D eigenvalue weighted by molar-refractivity contribution is 5.68. The first-order chi connectivity index (χ1) is 9.92. The largest absolute Gasteiger partial charge is 0.444 e. The Balaban J connectivity index is 1.63. The summed E-state index contributed by atoms with van der Waals surface area (Å²) in [6.07, 6.45) is 4.73. The van der Waals surface area contributed by atoms with Crippen LogP contribution in [0.4, 0.5) is 4.79 Å². The van der Waals surface area contributed by atoms with Gasteiger partial charge in [0.25, 0.3) is 0 Å². The maximum atomic E-state index is 11.7. The topological polar surface area (TPSA) is 89.3 Å². The molecule has 118 valence electrons. The summed E-state index contributed by atoms with van der Waals surface area (Å²) in [6, 6.07) is 0.591. The van der Waals surface area contributed by atoms with Crippen molar-refractivity contribution in [2.45, 2.75) is 64.1 Å². The molecule has 1 aliphatic rings. The summed E-state index contributed by atoms with van der Waals surface area (Å²) in [5.74, 6) is 0.643. The van der Waals surface area contributed by atoms with Crippen molar-refractivity contribution < 1.29 is 14.1 Å². The minimum Gasteiger partial charge on any atom is -0.444 e. The lowest BCUT2D eigenvalue weighted by molar-refractivity contribution is 0.0505. The highest BCUT2D eigenvalue weighted by atomic mass is 16.6. The third-order valence-corrected chi connectivity index (χ3v) is 3.33. The molecule has 2 rings (SSSR count). The number of amides is 1. The average Bonchev–Trinajstić information content (AvgIpc) is 2.98. The average molecular weight is 296 g/mol. The third-order valence-electron chi connectivity index (χ3n) is 3.33. The normalized spacial score (nSPS) is 22.2. The van der Waals surface area contributed by atoms with Crippen LogP contribution in [-0.2, 0) is 11.2 Å². The first-order valence-corrected chi connectivity index (χ1v) is 7.41. The molecule has 2 unspecified atom stereocenters. The van der Waals surface area contributed by atoms with Crippen molar-refractivity contribution in [1.82, 2.24) is 20.8 Å². The quantitative estimate of drug-likeness (QED) is 0.858. The summed E-state index contributed by atoms with van der Waals surface area (Å²) in [6.45, 7) is 6.39. The molecule has 1 saturated carbocycles. The van der Waals surface area contributed by atoms with E-state index in [1.54, 1.807) is 0 Å². The van der Waals surface area contributed by atoms with E-state index in [1.807, 2.05) is 20.8 Å². The van der Waals surface area contributed by atoms with Gasteiger partial charge in [-0.15, -0.1) is 0 Å². The van der Waals surface area contributed by atoms with E-state index in [0.717, 1.165) is 32.2 Å². The van der Waals surface area contributed by atoms with Crippen LogP contribution in [0, 0.1) is 0 Å². The van der Waals surface area contributed by atoms with E-state index < -0.39 is 5.60 Å². The standard InChI is InChI=1S/C14H24N4O3/c1-14(2,3)20-13(19)18-11-5-4-10(8-11)15-7-6-12-16-9-17-21-12/h9-11,15H,4-8H2,1-3H3,(H,18,19). The van der Waals surface area contributed by atoms with Crippen LogP contribution in [0.2, 0.25) is 0 Å². The number of carbonyl (C=O) groups is 1. The van der Waals surface area contributed by atoms with Crippen LogP contribution in [0.15, 0.2) is 10.9 Å². The van der Waals surface area contributed by atoms with Gasteiger partial charge in [0, 0.05) is 25.0 Å². The molecule has 1 heterocycles. The van der Waals surface area contributed by atoms with Gasteiger partial charge in [-0.25, -0.2) is 4.79 Å². The minimum absolute atomic E-state index is 0.181. The van der Waals surface area contributed by atoms with Gasteiger partial charge in [0.05, 0.1) is 0 Å². The highest BCUT2D eigenvalue weighted by Crippen LogP contribution is 2.19. The Kier molecular flexibility index (Phi) is 5.17. The predicted octanol–water partition coefficient (Wildman–Crippen LogP) is 1.65. The summed E-state index contributed by atoms with van der Waals surface area (Å²) in [5.41, 5.74) is -0.454. The Morgan fingerprint density at radius 3 is 2.86 bits per heavy atom. The van der Waals surface area contributed by atoms with E-state index in [4.69, 9.17) is 9.26 Å². The highest BCUT2D eigenvalue weighted by Gasteiger charge is 2.27. The van der Waals surface area contributed by atoms with Crippen molar-refractivity contribution >= 4 is 6.09 Å². The number of hydrogen-bond acceptors (Lipinski definition) is 6. The summed E-state index contributed by atoms with van der Waals surface area (Å²) in [5, 5.41) is 9.95. The number of aromatic nitrogens is 2. The molecule has 0 bridgehead atoms. The Morgan fingerprint density at radius 2 is 2.19 bits per heavy atom.